The number of esters is 1. The van der Waals surface area contributed by atoms with Gasteiger partial charge in [0, 0.05) is 25.9 Å². The number of methoxy groups -OCH3 is 1. The van der Waals surface area contributed by atoms with E-state index in [9.17, 15) is 9.59 Å². The molecule has 0 bridgehead atoms. The number of ether oxygens (including phenoxy) is 1. The fourth-order valence-electron chi connectivity index (χ4n) is 4.57. The molecule has 4 aromatic rings. The fourth-order valence-corrected chi connectivity index (χ4v) is 6.11. The van der Waals surface area contributed by atoms with Crippen molar-refractivity contribution < 1.29 is 14.3 Å². The van der Waals surface area contributed by atoms with Gasteiger partial charge in [-0.25, -0.2) is 4.79 Å². The van der Waals surface area contributed by atoms with Gasteiger partial charge in [0.05, 0.1) is 29.4 Å². The van der Waals surface area contributed by atoms with Crippen molar-refractivity contribution in [2.24, 2.45) is 0 Å². The highest BCUT2D eigenvalue weighted by molar-refractivity contribution is 8.00. The molecule has 0 fully saturated rings. The van der Waals surface area contributed by atoms with E-state index in [1.807, 2.05) is 91.8 Å². The SMILES string of the molecule is COC(=O)[C@@H](CSC(c1ccccc1)(c1ccccc1)c1ccccc1)NC(=O)/C=C/C=C/c1ccc(N(C)C)cn1. The standard InChI is InChI=1S/C35H35N3O3S/c1-38(2)31-24-23-30(36-25-31)21-13-14-22-33(39)37-32(34(40)41-3)26-42-35(27-15-7-4-8-16-27,28-17-9-5-10-18-28)29-19-11-6-12-20-29/h4-25,32H,26H2,1-3H3,(H,37,39)/b21-13+,22-14+/t32-/m1/s1. The predicted molar refractivity (Wildman–Crippen MR) is 172 cm³/mol. The van der Waals surface area contributed by atoms with Gasteiger partial charge >= 0.3 is 5.97 Å². The van der Waals surface area contributed by atoms with Gasteiger partial charge in [0.1, 0.15) is 6.04 Å². The minimum Gasteiger partial charge on any atom is -0.467 e. The summed E-state index contributed by atoms with van der Waals surface area (Å²) in [6.45, 7) is 0. The number of hydrogen-bond acceptors (Lipinski definition) is 6. The van der Waals surface area contributed by atoms with Crippen LogP contribution in [0.5, 0.6) is 0 Å². The predicted octanol–water partition coefficient (Wildman–Crippen LogP) is 6.10. The van der Waals surface area contributed by atoms with Crippen LogP contribution >= 0.6 is 11.8 Å². The lowest BCUT2D eigenvalue weighted by molar-refractivity contribution is -0.143. The van der Waals surface area contributed by atoms with Gasteiger partial charge in [-0.2, -0.15) is 0 Å². The van der Waals surface area contributed by atoms with Crippen LogP contribution in [0.15, 0.2) is 128 Å². The lowest BCUT2D eigenvalue weighted by Gasteiger charge is -2.36. The summed E-state index contributed by atoms with van der Waals surface area (Å²) in [5, 5.41) is 2.84. The molecule has 3 aromatic carbocycles. The normalized spacial score (nSPS) is 12.3. The molecule has 1 N–H and O–H groups in total. The summed E-state index contributed by atoms with van der Waals surface area (Å²) >= 11 is 1.59. The number of nitrogens with zero attached hydrogens (tertiary/aromatic N) is 2. The number of aromatic nitrogens is 1. The summed E-state index contributed by atoms with van der Waals surface area (Å²) < 4.78 is 4.46. The third-order valence-corrected chi connectivity index (χ3v) is 8.36. The molecular formula is C35H35N3O3S. The van der Waals surface area contributed by atoms with E-state index in [1.165, 1.54) is 13.2 Å². The third-order valence-electron chi connectivity index (χ3n) is 6.72. The summed E-state index contributed by atoms with van der Waals surface area (Å²) in [6, 6.07) is 33.6. The smallest absolute Gasteiger partial charge is 0.329 e. The van der Waals surface area contributed by atoms with Crippen molar-refractivity contribution in [2.45, 2.75) is 10.8 Å². The Kier molecular flexibility index (Phi) is 10.7. The van der Waals surface area contributed by atoms with E-state index in [1.54, 1.807) is 30.1 Å². The maximum atomic E-state index is 12.9. The molecule has 0 saturated heterocycles. The molecular weight excluding hydrogens is 542 g/mol. The molecule has 4 rings (SSSR count). The van der Waals surface area contributed by atoms with Crippen molar-refractivity contribution >= 4 is 35.4 Å². The highest BCUT2D eigenvalue weighted by Crippen LogP contribution is 2.48. The molecule has 0 radical (unpaired) electrons. The van der Waals surface area contributed by atoms with Crippen molar-refractivity contribution in [2.75, 3.05) is 31.9 Å². The molecule has 0 aliphatic heterocycles. The molecule has 1 aromatic heterocycles. The first-order valence-corrected chi connectivity index (χ1v) is 14.6. The van der Waals surface area contributed by atoms with Crippen molar-refractivity contribution in [3.8, 4) is 0 Å². The van der Waals surface area contributed by atoms with Gasteiger partial charge in [-0.15, -0.1) is 11.8 Å². The van der Waals surface area contributed by atoms with Crippen LogP contribution in [0.2, 0.25) is 0 Å². The zero-order valence-electron chi connectivity index (χ0n) is 24.0. The zero-order chi connectivity index (χ0) is 29.8. The van der Waals surface area contributed by atoms with Crippen LogP contribution in [0.25, 0.3) is 6.08 Å². The number of pyridine rings is 1. The van der Waals surface area contributed by atoms with Crippen LogP contribution in [-0.2, 0) is 19.1 Å². The number of nitrogens with one attached hydrogen (secondary N) is 1. The molecule has 0 spiro atoms. The molecule has 0 aliphatic rings. The second-order valence-corrected chi connectivity index (χ2v) is 11.0. The topological polar surface area (TPSA) is 71.5 Å². The Morgan fingerprint density at radius 1 is 0.857 bits per heavy atom. The lowest BCUT2D eigenvalue weighted by atomic mass is 9.84. The summed E-state index contributed by atoms with van der Waals surface area (Å²) in [6.07, 6.45) is 8.36. The van der Waals surface area contributed by atoms with Crippen LogP contribution in [-0.4, -0.2) is 49.9 Å². The average molecular weight is 578 g/mol. The van der Waals surface area contributed by atoms with E-state index in [2.05, 4.69) is 46.7 Å². The number of allylic oxidation sites excluding steroid dienone is 2. The van der Waals surface area contributed by atoms with Crippen molar-refractivity contribution in [1.29, 1.82) is 0 Å². The summed E-state index contributed by atoms with van der Waals surface area (Å²) in [4.78, 5) is 32.1. The average Bonchev–Trinajstić information content (AvgIpc) is 3.04. The van der Waals surface area contributed by atoms with E-state index in [0.717, 1.165) is 28.1 Å². The monoisotopic (exact) mass is 577 g/mol. The number of thioether (sulfide) groups is 1. The second-order valence-electron chi connectivity index (χ2n) is 9.73. The van der Waals surface area contributed by atoms with Gasteiger partial charge in [0.2, 0.25) is 5.91 Å². The molecule has 1 heterocycles. The first-order valence-electron chi connectivity index (χ1n) is 13.6. The van der Waals surface area contributed by atoms with E-state index < -0.39 is 22.7 Å². The minimum atomic E-state index is -0.864. The van der Waals surface area contributed by atoms with Crippen LogP contribution in [0.3, 0.4) is 0 Å². The molecule has 1 amide bonds. The Morgan fingerprint density at radius 2 is 1.40 bits per heavy atom. The summed E-state index contributed by atoms with van der Waals surface area (Å²) in [5.41, 5.74) is 4.98. The number of benzene rings is 3. The molecule has 0 saturated carbocycles. The third kappa shape index (κ3) is 7.56. The van der Waals surface area contributed by atoms with E-state index in [0.29, 0.717) is 0 Å². The largest absolute Gasteiger partial charge is 0.467 e. The number of anilines is 1. The van der Waals surface area contributed by atoms with Crippen molar-refractivity contribution in [3.63, 3.8) is 0 Å². The van der Waals surface area contributed by atoms with Crippen LogP contribution in [0, 0.1) is 0 Å². The Hall–Kier alpha value is -4.62. The molecule has 7 heteroatoms. The van der Waals surface area contributed by atoms with Gasteiger partial charge < -0.3 is 15.0 Å². The fraction of sp³-hybridized carbons (Fsp3) is 0.171. The number of hydrogen-bond donors (Lipinski definition) is 1. The number of rotatable bonds is 12. The highest BCUT2D eigenvalue weighted by Gasteiger charge is 2.38. The van der Waals surface area contributed by atoms with Crippen molar-refractivity contribution in [1.82, 2.24) is 10.3 Å². The molecule has 42 heavy (non-hydrogen) atoms. The summed E-state index contributed by atoms with van der Waals surface area (Å²) in [7, 11) is 5.25. The first kappa shape index (κ1) is 30.3. The first-order chi connectivity index (χ1) is 20.4. The van der Waals surface area contributed by atoms with Crippen LogP contribution in [0.4, 0.5) is 5.69 Å². The quantitative estimate of drug-likeness (QED) is 0.0950. The maximum Gasteiger partial charge on any atom is 0.329 e. The molecule has 0 unspecified atom stereocenters. The second kappa shape index (κ2) is 14.8. The Labute approximate surface area is 252 Å². The number of carbonyl (C=O) groups is 2. The van der Waals surface area contributed by atoms with Crippen LogP contribution < -0.4 is 10.2 Å². The highest BCUT2D eigenvalue weighted by atomic mass is 32.2. The Balaban J connectivity index is 1.55. The van der Waals surface area contributed by atoms with Gasteiger partial charge in [-0.05, 0) is 34.9 Å². The minimum absolute atomic E-state index is 0.281. The lowest BCUT2D eigenvalue weighted by Crippen LogP contribution is -2.43. The number of carbonyl (C=O) groups excluding carboxylic acids is 2. The maximum absolute atomic E-state index is 12.9. The molecule has 214 valence electrons. The molecule has 1 atom stereocenters. The molecule has 6 nitrogen and oxygen atoms in total. The number of amides is 1. The molecule has 0 aliphatic carbocycles. The van der Waals surface area contributed by atoms with E-state index in [4.69, 9.17) is 4.74 Å². The van der Waals surface area contributed by atoms with Crippen LogP contribution in [0.1, 0.15) is 22.4 Å². The van der Waals surface area contributed by atoms with E-state index in [-0.39, 0.29) is 5.75 Å². The van der Waals surface area contributed by atoms with Gasteiger partial charge in [0.25, 0.3) is 0 Å². The van der Waals surface area contributed by atoms with Gasteiger partial charge in [-0.3, -0.25) is 9.78 Å². The van der Waals surface area contributed by atoms with Gasteiger partial charge in [-0.1, -0.05) is 103 Å². The summed E-state index contributed by atoms with van der Waals surface area (Å²) in [5.74, 6) is -0.618. The Bertz CT molecular complexity index is 1390. The van der Waals surface area contributed by atoms with Crippen molar-refractivity contribution in [3.05, 3.63) is 150 Å². The zero-order valence-corrected chi connectivity index (χ0v) is 24.8. The van der Waals surface area contributed by atoms with E-state index >= 15 is 0 Å². The van der Waals surface area contributed by atoms with Gasteiger partial charge in [0.15, 0.2) is 0 Å². The Morgan fingerprint density at radius 3 is 1.86 bits per heavy atom.